The van der Waals surface area contributed by atoms with E-state index in [2.05, 4.69) is 5.32 Å². The zero-order valence-electron chi connectivity index (χ0n) is 21.5. The van der Waals surface area contributed by atoms with Crippen LogP contribution in [0.4, 0.5) is 5.69 Å². The van der Waals surface area contributed by atoms with Crippen LogP contribution in [0.5, 0.6) is 11.5 Å². The van der Waals surface area contributed by atoms with Crippen molar-refractivity contribution in [3.05, 3.63) is 86.2 Å². The molecule has 1 aliphatic carbocycles. The molecule has 0 saturated heterocycles. The van der Waals surface area contributed by atoms with Gasteiger partial charge in [-0.25, -0.2) is 4.79 Å². The summed E-state index contributed by atoms with van der Waals surface area (Å²) in [7, 11) is 2.81. The van der Waals surface area contributed by atoms with Crippen molar-refractivity contribution in [2.75, 3.05) is 14.2 Å². The minimum atomic E-state index is -1.01. The number of esters is 1. The van der Waals surface area contributed by atoms with Gasteiger partial charge in [0.25, 0.3) is 5.69 Å². The number of benzene rings is 2. The number of carbonyl (C=O) groups excluding carboxylic acids is 2. The summed E-state index contributed by atoms with van der Waals surface area (Å²) in [6, 6.07) is 12.5. The molecule has 2 aromatic carbocycles. The van der Waals surface area contributed by atoms with Crippen molar-refractivity contribution in [3.8, 4) is 11.5 Å². The number of nitrogens with zero attached hydrogens (tertiary/aromatic N) is 1. The van der Waals surface area contributed by atoms with Crippen LogP contribution < -0.4 is 14.8 Å². The Balaban J connectivity index is 1.94. The summed E-state index contributed by atoms with van der Waals surface area (Å²) in [5, 5.41) is 15.5. The van der Waals surface area contributed by atoms with Gasteiger partial charge >= 0.3 is 5.97 Å². The van der Waals surface area contributed by atoms with E-state index in [4.69, 9.17) is 14.2 Å². The second kappa shape index (κ2) is 10.5. The number of hydrogen-bond donors (Lipinski definition) is 1. The zero-order chi connectivity index (χ0) is 26.9. The summed E-state index contributed by atoms with van der Waals surface area (Å²) < 4.78 is 16.2. The minimum Gasteiger partial charge on any atom is -0.493 e. The molecule has 0 unspecified atom stereocenters. The SMILES string of the molecule is COc1cc([C@@H]2C(C(=O)OC(C)C)=C(C)NC3=C2C(=O)C[C@H](c2ccccc2)C3)c([N+](=O)[O-])cc1OC. The number of ether oxygens (including phenoxy) is 3. The smallest absolute Gasteiger partial charge is 0.337 e. The fourth-order valence-electron chi connectivity index (χ4n) is 5.13. The van der Waals surface area contributed by atoms with Gasteiger partial charge in [0.15, 0.2) is 17.3 Å². The van der Waals surface area contributed by atoms with Crippen molar-refractivity contribution in [1.82, 2.24) is 5.32 Å². The molecule has 0 radical (unpaired) electrons. The van der Waals surface area contributed by atoms with Crippen molar-refractivity contribution >= 4 is 17.4 Å². The number of nitrogens with one attached hydrogen (secondary N) is 1. The van der Waals surface area contributed by atoms with E-state index in [9.17, 15) is 19.7 Å². The first-order chi connectivity index (χ1) is 17.7. The molecule has 0 amide bonds. The fraction of sp³-hybridized carbons (Fsp3) is 0.357. The largest absolute Gasteiger partial charge is 0.493 e. The number of Topliss-reactive ketones (excluding diaryl/α,β-unsaturated/α-hetero) is 1. The van der Waals surface area contributed by atoms with E-state index < -0.39 is 22.9 Å². The van der Waals surface area contributed by atoms with E-state index >= 15 is 0 Å². The van der Waals surface area contributed by atoms with Gasteiger partial charge in [0.1, 0.15) is 0 Å². The second-order valence-electron chi connectivity index (χ2n) is 9.41. The molecule has 0 bridgehead atoms. The van der Waals surface area contributed by atoms with Gasteiger partial charge in [0.05, 0.1) is 42.8 Å². The maximum absolute atomic E-state index is 13.8. The lowest BCUT2D eigenvalue weighted by Crippen LogP contribution is -2.36. The van der Waals surface area contributed by atoms with Crippen LogP contribution in [-0.2, 0) is 14.3 Å². The average Bonchev–Trinajstić information content (AvgIpc) is 2.86. The Morgan fingerprint density at radius 1 is 1.08 bits per heavy atom. The van der Waals surface area contributed by atoms with Gasteiger partial charge in [-0.15, -0.1) is 0 Å². The molecule has 0 aromatic heterocycles. The molecule has 2 aliphatic rings. The lowest BCUT2D eigenvalue weighted by Gasteiger charge is -2.36. The van der Waals surface area contributed by atoms with Crippen LogP contribution in [0.2, 0.25) is 0 Å². The third kappa shape index (κ3) is 4.94. The number of methoxy groups -OCH3 is 2. The number of dihydropyridines is 1. The molecule has 4 rings (SSSR count). The molecule has 2 aromatic rings. The lowest BCUT2D eigenvalue weighted by atomic mass is 9.71. The first-order valence-corrected chi connectivity index (χ1v) is 12.1. The summed E-state index contributed by atoms with van der Waals surface area (Å²) in [5.74, 6) is -1.46. The lowest BCUT2D eigenvalue weighted by molar-refractivity contribution is -0.385. The minimum absolute atomic E-state index is 0.0574. The number of nitro benzene ring substituents is 1. The Hall–Kier alpha value is -4.14. The van der Waals surface area contributed by atoms with Gasteiger partial charge in [0, 0.05) is 29.0 Å². The van der Waals surface area contributed by atoms with Gasteiger partial charge < -0.3 is 19.5 Å². The Morgan fingerprint density at radius 2 is 1.73 bits per heavy atom. The number of carbonyl (C=O) groups is 2. The Bertz CT molecular complexity index is 1310. The molecular formula is C28H30N2O7. The van der Waals surface area contributed by atoms with Crippen molar-refractivity contribution in [2.45, 2.75) is 51.6 Å². The van der Waals surface area contributed by atoms with Crippen LogP contribution in [0.1, 0.15) is 56.6 Å². The highest BCUT2D eigenvalue weighted by molar-refractivity contribution is 6.04. The highest BCUT2D eigenvalue weighted by Crippen LogP contribution is 2.49. The van der Waals surface area contributed by atoms with Crippen molar-refractivity contribution in [2.24, 2.45) is 0 Å². The van der Waals surface area contributed by atoms with E-state index in [1.807, 2.05) is 30.3 Å². The highest BCUT2D eigenvalue weighted by atomic mass is 16.6. The molecule has 0 fully saturated rings. The van der Waals surface area contributed by atoms with Gasteiger partial charge in [-0.05, 0) is 44.7 Å². The number of ketones is 1. The maximum atomic E-state index is 13.8. The highest BCUT2D eigenvalue weighted by Gasteiger charge is 2.44. The van der Waals surface area contributed by atoms with Crippen LogP contribution in [-0.4, -0.2) is 37.0 Å². The molecule has 194 valence electrons. The first kappa shape index (κ1) is 25.9. The van der Waals surface area contributed by atoms with Crippen LogP contribution in [0, 0.1) is 10.1 Å². The molecule has 2 atom stereocenters. The third-order valence-corrected chi connectivity index (χ3v) is 6.70. The number of rotatable bonds is 7. The molecule has 1 aliphatic heterocycles. The summed E-state index contributed by atoms with van der Waals surface area (Å²) >= 11 is 0. The van der Waals surface area contributed by atoms with Gasteiger partial charge in [-0.2, -0.15) is 0 Å². The predicted molar refractivity (Wildman–Crippen MR) is 136 cm³/mol. The first-order valence-electron chi connectivity index (χ1n) is 12.1. The maximum Gasteiger partial charge on any atom is 0.337 e. The van der Waals surface area contributed by atoms with E-state index in [-0.39, 0.29) is 46.4 Å². The van der Waals surface area contributed by atoms with Crippen LogP contribution in [0.15, 0.2) is 65.0 Å². The molecular weight excluding hydrogens is 476 g/mol. The normalized spacial score (nSPS) is 19.4. The van der Waals surface area contributed by atoms with Crippen molar-refractivity contribution in [3.63, 3.8) is 0 Å². The van der Waals surface area contributed by atoms with Crippen molar-refractivity contribution in [1.29, 1.82) is 0 Å². The van der Waals surface area contributed by atoms with Gasteiger partial charge in [-0.1, -0.05) is 30.3 Å². The summed E-state index contributed by atoms with van der Waals surface area (Å²) in [6.07, 6.45) is 0.314. The number of hydrogen-bond acceptors (Lipinski definition) is 8. The van der Waals surface area contributed by atoms with Gasteiger partial charge in [0.2, 0.25) is 0 Å². The Morgan fingerprint density at radius 3 is 2.32 bits per heavy atom. The monoisotopic (exact) mass is 506 g/mol. The van der Waals surface area contributed by atoms with E-state index in [1.165, 1.54) is 26.4 Å². The standard InChI is InChI=1S/C28H30N2O7/c1-15(2)37-28(32)25-16(3)29-20-11-18(17-9-7-6-8-10-17)12-22(31)27(20)26(25)19-13-23(35-4)24(36-5)14-21(19)30(33)34/h6-10,13-15,18,26,29H,11-12H2,1-5H3/t18-,26-/m1/s1. The average molecular weight is 507 g/mol. The van der Waals surface area contributed by atoms with Gasteiger partial charge in [-0.3, -0.25) is 14.9 Å². The molecule has 1 N–H and O–H groups in total. The number of allylic oxidation sites excluding steroid dienone is 3. The molecule has 37 heavy (non-hydrogen) atoms. The third-order valence-electron chi connectivity index (χ3n) is 6.70. The fourth-order valence-corrected chi connectivity index (χ4v) is 5.13. The molecule has 9 nitrogen and oxygen atoms in total. The van der Waals surface area contributed by atoms with E-state index in [0.717, 1.165) is 5.56 Å². The van der Waals surface area contributed by atoms with E-state index in [1.54, 1.807) is 20.8 Å². The summed E-state index contributed by atoms with van der Waals surface area (Å²) in [4.78, 5) is 38.8. The zero-order valence-corrected chi connectivity index (χ0v) is 21.5. The van der Waals surface area contributed by atoms with Crippen molar-refractivity contribution < 1.29 is 28.7 Å². The summed E-state index contributed by atoms with van der Waals surface area (Å²) in [6.45, 7) is 5.16. The molecule has 9 heteroatoms. The Kier molecular flexibility index (Phi) is 7.33. The second-order valence-corrected chi connectivity index (χ2v) is 9.41. The predicted octanol–water partition coefficient (Wildman–Crippen LogP) is 4.93. The number of nitro groups is 1. The molecule has 0 saturated carbocycles. The van der Waals surface area contributed by atoms with Crippen LogP contribution >= 0.6 is 0 Å². The van der Waals surface area contributed by atoms with Crippen LogP contribution in [0.3, 0.4) is 0 Å². The Labute approximate surface area is 215 Å². The quantitative estimate of drug-likeness (QED) is 0.319. The summed E-state index contributed by atoms with van der Waals surface area (Å²) in [5.41, 5.74) is 2.55. The topological polar surface area (TPSA) is 117 Å². The molecule has 1 heterocycles. The molecule has 0 spiro atoms. The van der Waals surface area contributed by atoms with Crippen LogP contribution in [0.25, 0.3) is 0 Å². The van der Waals surface area contributed by atoms with E-state index in [0.29, 0.717) is 23.4 Å².